The molecule has 1 aromatic rings. The molecule has 5 heteroatoms. The molecule has 0 bridgehead atoms. The third-order valence-corrected chi connectivity index (χ3v) is 4.95. The first-order chi connectivity index (χ1) is 12.5. The van der Waals surface area contributed by atoms with E-state index in [1.54, 1.807) is 24.3 Å². The van der Waals surface area contributed by atoms with Gasteiger partial charge in [-0.05, 0) is 55.9 Å². The molecule has 1 aliphatic carbocycles. The number of hydrogen-bond donors (Lipinski definition) is 2. The van der Waals surface area contributed by atoms with Crippen LogP contribution in [0.2, 0.25) is 0 Å². The summed E-state index contributed by atoms with van der Waals surface area (Å²) in [5, 5.41) is 5.92. The second-order valence-corrected chi connectivity index (χ2v) is 7.40. The minimum absolute atomic E-state index is 0.0213. The normalized spacial score (nSPS) is 16.2. The summed E-state index contributed by atoms with van der Waals surface area (Å²) in [5.74, 6) is 0.995. The Balaban J connectivity index is 1.91. The Kier molecular flexibility index (Phi) is 7.95. The smallest absolute Gasteiger partial charge is 0.251 e. The molecule has 1 unspecified atom stereocenters. The predicted molar refractivity (Wildman–Crippen MR) is 103 cm³/mol. The number of hydrogen-bond acceptors (Lipinski definition) is 3. The van der Waals surface area contributed by atoms with Crippen molar-refractivity contribution in [3.63, 3.8) is 0 Å². The summed E-state index contributed by atoms with van der Waals surface area (Å²) >= 11 is 0. The molecule has 0 saturated heterocycles. The van der Waals surface area contributed by atoms with Crippen LogP contribution in [0.1, 0.15) is 63.2 Å². The zero-order valence-electron chi connectivity index (χ0n) is 16.2. The second-order valence-electron chi connectivity index (χ2n) is 7.40. The topological polar surface area (TPSA) is 67.4 Å². The van der Waals surface area contributed by atoms with E-state index in [9.17, 15) is 9.59 Å². The van der Waals surface area contributed by atoms with Crippen molar-refractivity contribution in [3.05, 3.63) is 29.8 Å². The summed E-state index contributed by atoms with van der Waals surface area (Å²) in [6.45, 7) is 7.11. The minimum Gasteiger partial charge on any atom is -0.494 e. The van der Waals surface area contributed by atoms with E-state index in [1.165, 1.54) is 32.1 Å². The summed E-state index contributed by atoms with van der Waals surface area (Å²) in [6, 6.07) is 6.45. The number of rotatable bonds is 8. The van der Waals surface area contributed by atoms with E-state index in [1.807, 2.05) is 20.8 Å². The molecule has 1 aromatic carbocycles. The van der Waals surface area contributed by atoms with Crippen LogP contribution in [0.25, 0.3) is 0 Å². The van der Waals surface area contributed by atoms with Gasteiger partial charge in [0.15, 0.2) is 0 Å². The van der Waals surface area contributed by atoms with Crippen molar-refractivity contribution in [1.82, 2.24) is 10.6 Å². The van der Waals surface area contributed by atoms with Gasteiger partial charge < -0.3 is 15.4 Å². The molecular weight excluding hydrogens is 328 g/mol. The highest BCUT2D eigenvalue weighted by Gasteiger charge is 2.25. The molecule has 1 fully saturated rings. The van der Waals surface area contributed by atoms with Crippen molar-refractivity contribution in [3.8, 4) is 5.75 Å². The highest BCUT2D eigenvalue weighted by molar-refractivity contribution is 5.97. The first kappa shape index (κ1) is 20.3. The Morgan fingerprint density at radius 1 is 1.12 bits per heavy atom. The summed E-state index contributed by atoms with van der Waals surface area (Å²) in [4.78, 5) is 25.1. The van der Waals surface area contributed by atoms with Crippen LogP contribution in [-0.2, 0) is 4.79 Å². The molecule has 144 valence electrons. The van der Waals surface area contributed by atoms with Crippen molar-refractivity contribution >= 4 is 11.8 Å². The molecule has 1 aliphatic rings. The quantitative estimate of drug-likeness (QED) is 0.745. The van der Waals surface area contributed by atoms with Crippen molar-refractivity contribution < 1.29 is 14.3 Å². The molecule has 0 aliphatic heterocycles. The number of carbonyl (C=O) groups is 2. The fourth-order valence-electron chi connectivity index (χ4n) is 3.37. The summed E-state index contributed by atoms with van der Waals surface area (Å²) < 4.78 is 5.39. The molecular formula is C21H32N2O3. The van der Waals surface area contributed by atoms with E-state index in [2.05, 4.69) is 10.6 Å². The summed E-state index contributed by atoms with van der Waals surface area (Å²) in [7, 11) is 0. The maximum atomic E-state index is 12.6. The van der Waals surface area contributed by atoms with Crippen LogP contribution in [0.5, 0.6) is 5.75 Å². The lowest BCUT2D eigenvalue weighted by Gasteiger charge is -2.25. The fourth-order valence-corrected chi connectivity index (χ4v) is 3.37. The van der Waals surface area contributed by atoms with Crippen LogP contribution in [-0.4, -0.2) is 31.0 Å². The Morgan fingerprint density at radius 3 is 2.35 bits per heavy atom. The highest BCUT2D eigenvalue weighted by atomic mass is 16.5. The molecule has 0 heterocycles. The Labute approximate surface area is 156 Å². The van der Waals surface area contributed by atoms with E-state index >= 15 is 0 Å². The molecule has 0 aromatic heterocycles. The number of benzene rings is 1. The number of amides is 2. The third-order valence-electron chi connectivity index (χ3n) is 4.95. The van der Waals surface area contributed by atoms with E-state index in [0.717, 1.165) is 5.75 Å². The first-order valence-electron chi connectivity index (χ1n) is 9.82. The van der Waals surface area contributed by atoms with Gasteiger partial charge in [0, 0.05) is 12.1 Å². The van der Waals surface area contributed by atoms with Gasteiger partial charge in [0.25, 0.3) is 5.91 Å². The molecule has 5 nitrogen and oxygen atoms in total. The Hall–Kier alpha value is -2.04. The molecule has 2 rings (SSSR count). The average molecular weight is 360 g/mol. The van der Waals surface area contributed by atoms with Gasteiger partial charge in [0.1, 0.15) is 11.8 Å². The lowest BCUT2D eigenvalue weighted by Crippen LogP contribution is -2.50. The van der Waals surface area contributed by atoms with Gasteiger partial charge in [-0.15, -0.1) is 0 Å². The first-order valence-corrected chi connectivity index (χ1v) is 9.82. The standard InChI is InChI=1S/C21H32N2O3/c1-4-26-18-12-10-17(11-13-18)20(24)23-19(15(2)3)21(25)22-14-16-8-6-5-7-9-16/h10-13,15-16,19H,4-9,14H2,1-3H3,(H,22,25)(H,23,24). The monoisotopic (exact) mass is 360 g/mol. The van der Waals surface area contributed by atoms with Crippen molar-refractivity contribution in [2.45, 2.75) is 58.9 Å². The van der Waals surface area contributed by atoms with Crippen LogP contribution >= 0.6 is 0 Å². The minimum atomic E-state index is -0.530. The van der Waals surface area contributed by atoms with E-state index in [-0.39, 0.29) is 17.7 Å². The van der Waals surface area contributed by atoms with Gasteiger partial charge in [0.2, 0.25) is 5.91 Å². The number of nitrogens with one attached hydrogen (secondary N) is 2. The fraction of sp³-hybridized carbons (Fsp3) is 0.619. The van der Waals surface area contributed by atoms with Gasteiger partial charge >= 0.3 is 0 Å². The molecule has 2 amide bonds. The molecule has 0 radical (unpaired) electrons. The maximum Gasteiger partial charge on any atom is 0.251 e. The zero-order chi connectivity index (χ0) is 18.9. The van der Waals surface area contributed by atoms with E-state index in [4.69, 9.17) is 4.74 Å². The molecule has 1 atom stereocenters. The Bertz CT molecular complexity index is 577. The zero-order valence-corrected chi connectivity index (χ0v) is 16.2. The lowest BCUT2D eigenvalue weighted by molar-refractivity contribution is -0.124. The van der Waals surface area contributed by atoms with Gasteiger partial charge in [-0.3, -0.25) is 9.59 Å². The van der Waals surface area contributed by atoms with Crippen LogP contribution < -0.4 is 15.4 Å². The van der Waals surface area contributed by atoms with E-state index in [0.29, 0.717) is 24.6 Å². The molecule has 26 heavy (non-hydrogen) atoms. The Morgan fingerprint density at radius 2 is 1.77 bits per heavy atom. The van der Waals surface area contributed by atoms with Gasteiger partial charge in [0.05, 0.1) is 6.61 Å². The summed E-state index contributed by atoms with van der Waals surface area (Å²) in [6.07, 6.45) is 6.18. The van der Waals surface area contributed by atoms with E-state index < -0.39 is 6.04 Å². The van der Waals surface area contributed by atoms with Gasteiger partial charge in [-0.1, -0.05) is 33.1 Å². The van der Waals surface area contributed by atoms with Crippen molar-refractivity contribution in [2.75, 3.05) is 13.2 Å². The predicted octanol–water partition coefficient (Wildman–Crippen LogP) is 3.54. The summed E-state index contributed by atoms with van der Waals surface area (Å²) in [5.41, 5.74) is 0.527. The van der Waals surface area contributed by atoms with Crippen molar-refractivity contribution in [2.24, 2.45) is 11.8 Å². The molecule has 0 spiro atoms. The third kappa shape index (κ3) is 6.04. The highest BCUT2D eigenvalue weighted by Crippen LogP contribution is 2.22. The largest absolute Gasteiger partial charge is 0.494 e. The SMILES string of the molecule is CCOc1ccc(C(=O)NC(C(=O)NCC2CCCCC2)C(C)C)cc1. The average Bonchev–Trinajstić information content (AvgIpc) is 2.65. The van der Waals surface area contributed by atoms with Crippen LogP contribution in [0.3, 0.4) is 0 Å². The van der Waals surface area contributed by atoms with Crippen molar-refractivity contribution in [1.29, 1.82) is 0 Å². The maximum absolute atomic E-state index is 12.6. The number of carbonyl (C=O) groups excluding carboxylic acids is 2. The number of ether oxygens (including phenoxy) is 1. The molecule has 2 N–H and O–H groups in total. The van der Waals surface area contributed by atoms with Crippen LogP contribution in [0, 0.1) is 11.8 Å². The van der Waals surface area contributed by atoms with Gasteiger partial charge in [-0.2, -0.15) is 0 Å². The van der Waals surface area contributed by atoms with Crippen LogP contribution in [0.15, 0.2) is 24.3 Å². The molecule has 1 saturated carbocycles. The second kappa shape index (κ2) is 10.2. The van der Waals surface area contributed by atoms with Crippen LogP contribution in [0.4, 0.5) is 0 Å². The lowest BCUT2D eigenvalue weighted by atomic mass is 9.89. The van der Waals surface area contributed by atoms with Gasteiger partial charge in [-0.25, -0.2) is 0 Å².